The van der Waals surface area contributed by atoms with Gasteiger partial charge in [0.2, 0.25) is 21.8 Å². The minimum absolute atomic E-state index is 0.0333. The highest BCUT2D eigenvalue weighted by atomic mass is 32.2. The van der Waals surface area contributed by atoms with Gasteiger partial charge in [-0.3, -0.25) is 13.9 Å². The SMILES string of the molecule is CC[C@@H](C)NC(=O)[C@@H](CC)N(Cc1ccccc1)C(=O)CN(c1ccc(C(C)(C)C)cc1)S(C)(=O)=O. The predicted octanol–water partition coefficient (Wildman–Crippen LogP) is 4.47. The first-order valence-electron chi connectivity index (χ1n) is 12.5. The van der Waals surface area contributed by atoms with Gasteiger partial charge in [-0.05, 0) is 48.4 Å². The highest BCUT2D eigenvalue weighted by molar-refractivity contribution is 7.92. The van der Waals surface area contributed by atoms with Gasteiger partial charge < -0.3 is 10.2 Å². The van der Waals surface area contributed by atoms with Gasteiger partial charge in [0, 0.05) is 12.6 Å². The number of benzene rings is 2. The number of nitrogens with zero attached hydrogens (tertiary/aromatic N) is 2. The van der Waals surface area contributed by atoms with Gasteiger partial charge in [-0.2, -0.15) is 0 Å². The van der Waals surface area contributed by atoms with Gasteiger partial charge in [0.15, 0.2) is 0 Å². The summed E-state index contributed by atoms with van der Waals surface area (Å²) < 4.78 is 26.6. The summed E-state index contributed by atoms with van der Waals surface area (Å²) in [4.78, 5) is 28.3. The van der Waals surface area contributed by atoms with E-state index < -0.39 is 28.5 Å². The number of anilines is 1. The Labute approximate surface area is 216 Å². The Kier molecular flexibility index (Phi) is 10.1. The van der Waals surface area contributed by atoms with Gasteiger partial charge in [0.1, 0.15) is 12.6 Å². The Morgan fingerprint density at radius 3 is 2.00 bits per heavy atom. The van der Waals surface area contributed by atoms with Crippen molar-refractivity contribution in [1.82, 2.24) is 10.2 Å². The summed E-state index contributed by atoms with van der Waals surface area (Å²) in [5, 5.41) is 2.97. The van der Waals surface area contributed by atoms with E-state index in [4.69, 9.17) is 0 Å². The fraction of sp³-hybridized carbons (Fsp3) is 0.500. The number of carbonyl (C=O) groups is 2. The molecule has 0 aliphatic carbocycles. The molecule has 0 saturated heterocycles. The number of nitrogens with one attached hydrogen (secondary N) is 1. The van der Waals surface area contributed by atoms with E-state index in [1.807, 2.05) is 63.2 Å². The van der Waals surface area contributed by atoms with Crippen molar-refractivity contribution >= 4 is 27.5 Å². The van der Waals surface area contributed by atoms with Crippen LogP contribution in [0.5, 0.6) is 0 Å². The second-order valence-electron chi connectivity index (χ2n) is 10.3. The maximum absolute atomic E-state index is 13.7. The van der Waals surface area contributed by atoms with E-state index in [1.165, 1.54) is 4.90 Å². The van der Waals surface area contributed by atoms with Crippen LogP contribution in [0.3, 0.4) is 0 Å². The summed E-state index contributed by atoms with van der Waals surface area (Å²) in [6, 6.07) is 15.9. The predicted molar refractivity (Wildman–Crippen MR) is 146 cm³/mol. The molecule has 0 spiro atoms. The van der Waals surface area contributed by atoms with Crippen LogP contribution in [-0.4, -0.2) is 50.0 Å². The smallest absolute Gasteiger partial charge is 0.244 e. The molecule has 0 fully saturated rings. The lowest BCUT2D eigenvalue weighted by molar-refractivity contribution is -0.140. The molecule has 0 radical (unpaired) electrons. The minimum atomic E-state index is -3.76. The molecule has 7 nitrogen and oxygen atoms in total. The quantitative estimate of drug-likeness (QED) is 0.478. The van der Waals surface area contributed by atoms with Crippen molar-refractivity contribution in [2.45, 2.75) is 78.4 Å². The Morgan fingerprint density at radius 1 is 0.944 bits per heavy atom. The second-order valence-corrected chi connectivity index (χ2v) is 12.2. The maximum atomic E-state index is 13.7. The topological polar surface area (TPSA) is 86.8 Å². The van der Waals surface area contributed by atoms with Crippen molar-refractivity contribution in [2.24, 2.45) is 0 Å². The molecule has 0 saturated carbocycles. The first kappa shape index (κ1) is 29.4. The Bertz CT molecular complexity index is 1110. The summed E-state index contributed by atoms with van der Waals surface area (Å²) in [6.45, 7) is 11.8. The summed E-state index contributed by atoms with van der Waals surface area (Å²) in [5.41, 5.74) is 2.25. The average molecular weight is 516 g/mol. The Hall–Kier alpha value is -2.87. The number of hydrogen-bond donors (Lipinski definition) is 1. The molecule has 36 heavy (non-hydrogen) atoms. The maximum Gasteiger partial charge on any atom is 0.244 e. The van der Waals surface area contributed by atoms with Crippen LogP contribution in [0.1, 0.15) is 65.5 Å². The van der Waals surface area contributed by atoms with Crippen LogP contribution in [0.15, 0.2) is 54.6 Å². The van der Waals surface area contributed by atoms with E-state index in [0.717, 1.165) is 28.1 Å². The largest absolute Gasteiger partial charge is 0.352 e. The zero-order valence-corrected chi connectivity index (χ0v) is 23.4. The number of rotatable bonds is 11. The molecule has 198 valence electrons. The fourth-order valence-corrected chi connectivity index (χ4v) is 4.73. The highest BCUT2D eigenvalue weighted by Crippen LogP contribution is 2.26. The highest BCUT2D eigenvalue weighted by Gasteiger charge is 2.32. The molecule has 0 bridgehead atoms. The molecule has 2 aromatic carbocycles. The standard InChI is InChI=1S/C28H41N3O4S/c1-8-21(3)29-27(33)25(9-2)30(19-22-13-11-10-12-14-22)26(32)20-31(36(7,34)35)24-17-15-23(16-18-24)28(4,5)6/h10-18,21,25H,8-9,19-20H2,1-7H3,(H,29,33)/t21-,25-/m1/s1. The Morgan fingerprint density at radius 2 is 1.53 bits per heavy atom. The molecule has 2 atom stereocenters. The summed E-state index contributed by atoms with van der Waals surface area (Å²) in [5.74, 6) is -0.674. The first-order chi connectivity index (χ1) is 16.8. The van der Waals surface area contributed by atoms with Crippen molar-refractivity contribution < 1.29 is 18.0 Å². The number of carbonyl (C=O) groups excluding carboxylic acids is 2. The molecule has 0 aliphatic rings. The molecule has 0 aliphatic heterocycles. The van der Waals surface area contributed by atoms with Crippen LogP contribution < -0.4 is 9.62 Å². The van der Waals surface area contributed by atoms with Gasteiger partial charge in [-0.15, -0.1) is 0 Å². The van der Waals surface area contributed by atoms with Crippen LogP contribution in [0, 0.1) is 0 Å². The van der Waals surface area contributed by atoms with Crippen molar-refractivity contribution in [2.75, 3.05) is 17.1 Å². The lowest BCUT2D eigenvalue weighted by Crippen LogP contribution is -2.53. The van der Waals surface area contributed by atoms with Crippen LogP contribution in [-0.2, 0) is 31.6 Å². The van der Waals surface area contributed by atoms with Crippen LogP contribution in [0.25, 0.3) is 0 Å². The molecule has 0 aromatic heterocycles. The molecular weight excluding hydrogens is 474 g/mol. The second kappa shape index (κ2) is 12.4. The van der Waals surface area contributed by atoms with E-state index in [9.17, 15) is 18.0 Å². The third-order valence-corrected chi connectivity index (χ3v) is 7.42. The van der Waals surface area contributed by atoms with Gasteiger partial charge >= 0.3 is 0 Å². The van der Waals surface area contributed by atoms with Gasteiger partial charge in [0.05, 0.1) is 11.9 Å². The third-order valence-electron chi connectivity index (χ3n) is 6.28. The molecule has 2 rings (SSSR count). The minimum Gasteiger partial charge on any atom is -0.352 e. The molecule has 0 heterocycles. The number of amides is 2. The fourth-order valence-electron chi connectivity index (χ4n) is 3.88. The van der Waals surface area contributed by atoms with Crippen molar-refractivity contribution in [1.29, 1.82) is 0 Å². The van der Waals surface area contributed by atoms with Gasteiger partial charge in [0.25, 0.3) is 0 Å². The number of sulfonamides is 1. The summed E-state index contributed by atoms with van der Waals surface area (Å²) >= 11 is 0. The molecule has 8 heteroatoms. The van der Waals surface area contributed by atoms with Crippen molar-refractivity contribution in [3.8, 4) is 0 Å². The van der Waals surface area contributed by atoms with E-state index in [0.29, 0.717) is 12.1 Å². The van der Waals surface area contributed by atoms with Crippen LogP contribution >= 0.6 is 0 Å². The van der Waals surface area contributed by atoms with Crippen molar-refractivity contribution in [3.63, 3.8) is 0 Å². The zero-order chi connectivity index (χ0) is 27.1. The number of hydrogen-bond acceptors (Lipinski definition) is 4. The Balaban J connectivity index is 2.42. The van der Waals surface area contributed by atoms with Crippen LogP contribution in [0.2, 0.25) is 0 Å². The lowest BCUT2D eigenvalue weighted by atomic mass is 9.87. The molecule has 2 aromatic rings. The van der Waals surface area contributed by atoms with Crippen LogP contribution in [0.4, 0.5) is 5.69 Å². The third kappa shape index (κ3) is 8.08. The summed E-state index contributed by atoms with van der Waals surface area (Å²) in [6.07, 6.45) is 2.26. The van der Waals surface area contributed by atoms with Gasteiger partial charge in [-0.25, -0.2) is 8.42 Å². The van der Waals surface area contributed by atoms with E-state index >= 15 is 0 Å². The normalized spacial score (nSPS) is 13.5. The molecule has 0 unspecified atom stereocenters. The van der Waals surface area contributed by atoms with Gasteiger partial charge in [-0.1, -0.05) is 77.1 Å². The lowest BCUT2D eigenvalue weighted by Gasteiger charge is -2.33. The van der Waals surface area contributed by atoms with Crippen molar-refractivity contribution in [3.05, 3.63) is 65.7 Å². The van der Waals surface area contributed by atoms with E-state index in [-0.39, 0.29) is 23.9 Å². The molecular formula is C28H41N3O4S. The zero-order valence-electron chi connectivity index (χ0n) is 22.6. The monoisotopic (exact) mass is 515 g/mol. The molecule has 1 N–H and O–H groups in total. The molecule has 2 amide bonds. The average Bonchev–Trinajstić information content (AvgIpc) is 2.81. The van der Waals surface area contributed by atoms with E-state index in [1.54, 1.807) is 12.1 Å². The van der Waals surface area contributed by atoms with E-state index in [2.05, 4.69) is 26.1 Å². The summed E-state index contributed by atoms with van der Waals surface area (Å²) in [7, 11) is -3.76. The first-order valence-corrected chi connectivity index (χ1v) is 14.3.